The molecule has 7 heteroatoms. The minimum atomic E-state index is -4.46. The van der Waals surface area contributed by atoms with Gasteiger partial charge in [-0.15, -0.1) is 0 Å². The molecule has 1 aromatic rings. The number of aliphatic hydroxyl groups is 1. The summed E-state index contributed by atoms with van der Waals surface area (Å²) in [5, 5.41) is 14.0. The Bertz CT molecular complexity index is 476. The highest BCUT2D eigenvalue weighted by molar-refractivity contribution is 5.89. The SMILES string of the molecule is CC(C)CC(CO)NC(=O)Nc1cccc(C(F)(F)F)c1. The van der Waals surface area contributed by atoms with E-state index in [-0.39, 0.29) is 18.2 Å². The van der Waals surface area contributed by atoms with E-state index < -0.39 is 23.8 Å². The van der Waals surface area contributed by atoms with Crippen LogP contribution < -0.4 is 10.6 Å². The molecular weight excluding hydrogens is 285 g/mol. The predicted molar refractivity (Wildman–Crippen MR) is 73.9 cm³/mol. The van der Waals surface area contributed by atoms with E-state index in [1.54, 1.807) is 0 Å². The summed E-state index contributed by atoms with van der Waals surface area (Å²) in [5.74, 6) is 0.274. The number of hydrogen-bond donors (Lipinski definition) is 3. The van der Waals surface area contributed by atoms with Gasteiger partial charge in [0.15, 0.2) is 0 Å². The molecule has 0 aliphatic heterocycles. The zero-order chi connectivity index (χ0) is 16.0. The first-order chi connectivity index (χ1) is 9.72. The van der Waals surface area contributed by atoms with E-state index in [1.807, 2.05) is 13.8 Å². The molecule has 0 saturated carbocycles. The van der Waals surface area contributed by atoms with Crippen LogP contribution in [-0.4, -0.2) is 23.8 Å². The zero-order valence-corrected chi connectivity index (χ0v) is 11.9. The lowest BCUT2D eigenvalue weighted by atomic mass is 10.0. The van der Waals surface area contributed by atoms with Gasteiger partial charge in [0.2, 0.25) is 0 Å². The number of urea groups is 1. The Labute approximate surface area is 121 Å². The summed E-state index contributed by atoms with van der Waals surface area (Å²) in [6.07, 6.45) is -3.88. The smallest absolute Gasteiger partial charge is 0.394 e. The fraction of sp³-hybridized carbons (Fsp3) is 0.500. The van der Waals surface area contributed by atoms with Crippen LogP contribution in [-0.2, 0) is 6.18 Å². The Morgan fingerprint density at radius 1 is 1.33 bits per heavy atom. The highest BCUT2D eigenvalue weighted by Gasteiger charge is 2.30. The van der Waals surface area contributed by atoms with Crippen LogP contribution in [0.4, 0.5) is 23.7 Å². The molecule has 0 radical (unpaired) electrons. The largest absolute Gasteiger partial charge is 0.416 e. The Balaban J connectivity index is 2.66. The van der Waals surface area contributed by atoms with Crippen LogP contribution in [0.15, 0.2) is 24.3 Å². The van der Waals surface area contributed by atoms with Gasteiger partial charge in [0.1, 0.15) is 0 Å². The standard InChI is InChI=1S/C14H19F3N2O2/c1-9(2)6-12(8-20)19-13(21)18-11-5-3-4-10(7-11)14(15,16)17/h3-5,7,9,12,20H,6,8H2,1-2H3,(H2,18,19,21). The number of alkyl halides is 3. The number of carbonyl (C=O) groups is 1. The molecule has 0 aromatic heterocycles. The molecule has 1 unspecified atom stereocenters. The third-order valence-corrected chi connectivity index (χ3v) is 2.76. The molecular formula is C14H19F3N2O2. The molecule has 0 aliphatic rings. The van der Waals surface area contributed by atoms with Crippen molar-refractivity contribution in [2.24, 2.45) is 5.92 Å². The molecule has 0 heterocycles. The maximum atomic E-state index is 12.6. The highest BCUT2D eigenvalue weighted by Crippen LogP contribution is 2.30. The summed E-state index contributed by atoms with van der Waals surface area (Å²) in [5.41, 5.74) is -0.787. The first-order valence-electron chi connectivity index (χ1n) is 6.58. The number of hydrogen-bond acceptors (Lipinski definition) is 2. The first kappa shape index (κ1) is 17.3. The average Bonchev–Trinajstić information content (AvgIpc) is 2.36. The van der Waals surface area contributed by atoms with Crippen LogP contribution in [0, 0.1) is 5.92 Å². The van der Waals surface area contributed by atoms with Crippen LogP contribution in [0.25, 0.3) is 0 Å². The first-order valence-corrected chi connectivity index (χ1v) is 6.58. The molecule has 118 valence electrons. The third-order valence-electron chi connectivity index (χ3n) is 2.76. The van der Waals surface area contributed by atoms with Gasteiger partial charge < -0.3 is 15.7 Å². The molecule has 4 nitrogen and oxygen atoms in total. The van der Waals surface area contributed by atoms with Crippen molar-refractivity contribution in [3.63, 3.8) is 0 Å². The van der Waals surface area contributed by atoms with Crippen LogP contribution in [0.1, 0.15) is 25.8 Å². The fourth-order valence-electron chi connectivity index (χ4n) is 1.87. The summed E-state index contributed by atoms with van der Waals surface area (Å²) < 4.78 is 37.7. The fourth-order valence-corrected chi connectivity index (χ4v) is 1.87. The van der Waals surface area contributed by atoms with Crippen molar-refractivity contribution in [2.45, 2.75) is 32.5 Å². The molecule has 0 saturated heterocycles. The second kappa shape index (κ2) is 7.31. The summed E-state index contributed by atoms with van der Waals surface area (Å²) in [4.78, 5) is 11.7. The lowest BCUT2D eigenvalue weighted by molar-refractivity contribution is -0.137. The minimum absolute atomic E-state index is 0.0450. The van der Waals surface area contributed by atoms with E-state index in [0.29, 0.717) is 6.42 Å². The maximum Gasteiger partial charge on any atom is 0.416 e. The summed E-state index contributed by atoms with van der Waals surface area (Å²) >= 11 is 0. The summed E-state index contributed by atoms with van der Waals surface area (Å²) in [6.45, 7) is 3.65. The van der Waals surface area contributed by atoms with E-state index in [0.717, 1.165) is 12.1 Å². The van der Waals surface area contributed by atoms with Gasteiger partial charge in [0, 0.05) is 5.69 Å². The molecule has 2 amide bonds. The lowest BCUT2D eigenvalue weighted by Crippen LogP contribution is -2.41. The quantitative estimate of drug-likeness (QED) is 0.782. The number of halogens is 3. The van der Waals surface area contributed by atoms with Crippen molar-refractivity contribution < 1.29 is 23.1 Å². The molecule has 1 rings (SSSR count). The number of aliphatic hydroxyl groups excluding tert-OH is 1. The average molecular weight is 304 g/mol. The van der Waals surface area contributed by atoms with Crippen LogP contribution in [0.3, 0.4) is 0 Å². The van der Waals surface area contributed by atoms with E-state index in [1.165, 1.54) is 12.1 Å². The van der Waals surface area contributed by atoms with Gasteiger partial charge in [0.05, 0.1) is 18.2 Å². The van der Waals surface area contributed by atoms with Gasteiger partial charge in [-0.3, -0.25) is 0 Å². The maximum absolute atomic E-state index is 12.6. The monoisotopic (exact) mass is 304 g/mol. The van der Waals surface area contributed by atoms with Gasteiger partial charge in [-0.2, -0.15) is 13.2 Å². The van der Waals surface area contributed by atoms with Gasteiger partial charge in [0.25, 0.3) is 0 Å². The molecule has 21 heavy (non-hydrogen) atoms. The predicted octanol–water partition coefficient (Wildman–Crippen LogP) is 3.23. The molecule has 0 aliphatic carbocycles. The zero-order valence-electron chi connectivity index (χ0n) is 11.9. The molecule has 3 N–H and O–H groups in total. The molecule has 0 spiro atoms. The van der Waals surface area contributed by atoms with Gasteiger partial charge in [-0.25, -0.2) is 4.79 Å². The number of nitrogens with one attached hydrogen (secondary N) is 2. The second-order valence-corrected chi connectivity index (χ2v) is 5.19. The lowest BCUT2D eigenvalue weighted by Gasteiger charge is -2.18. The Morgan fingerprint density at radius 3 is 2.52 bits per heavy atom. The molecule has 0 bridgehead atoms. The van der Waals surface area contributed by atoms with E-state index in [2.05, 4.69) is 10.6 Å². The van der Waals surface area contributed by atoms with Crippen molar-refractivity contribution in [1.29, 1.82) is 0 Å². The number of benzene rings is 1. The Kier molecular flexibility index (Phi) is 6.02. The van der Waals surface area contributed by atoms with Gasteiger partial charge >= 0.3 is 12.2 Å². The van der Waals surface area contributed by atoms with Gasteiger partial charge in [-0.1, -0.05) is 19.9 Å². The second-order valence-electron chi connectivity index (χ2n) is 5.19. The van der Waals surface area contributed by atoms with Crippen molar-refractivity contribution in [1.82, 2.24) is 5.32 Å². The topological polar surface area (TPSA) is 61.4 Å². The number of rotatable bonds is 5. The van der Waals surface area contributed by atoms with Crippen LogP contribution in [0.5, 0.6) is 0 Å². The number of amides is 2. The Hall–Kier alpha value is -1.76. The normalized spacial score (nSPS) is 13.1. The number of anilines is 1. The highest BCUT2D eigenvalue weighted by atomic mass is 19.4. The van der Waals surface area contributed by atoms with E-state index in [9.17, 15) is 18.0 Å². The van der Waals surface area contributed by atoms with Crippen molar-refractivity contribution in [2.75, 3.05) is 11.9 Å². The van der Waals surface area contributed by atoms with Crippen molar-refractivity contribution in [3.05, 3.63) is 29.8 Å². The third kappa shape index (κ3) is 6.03. The Morgan fingerprint density at radius 2 is 2.00 bits per heavy atom. The molecule has 1 aromatic carbocycles. The van der Waals surface area contributed by atoms with Crippen molar-refractivity contribution in [3.8, 4) is 0 Å². The van der Waals surface area contributed by atoms with Crippen LogP contribution in [0.2, 0.25) is 0 Å². The molecule has 1 atom stereocenters. The van der Waals surface area contributed by atoms with Crippen LogP contribution >= 0.6 is 0 Å². The van der Waals surface area contributed by atoms with Crippen molar-refractivity contribution >= 4 is 11.7 Å². The van der Waals surface area contributed by atoms with E-state index >= 15 is 0 Å². The minimum Gasteiger partial charge on any atom is -0.394 e. The van der Waals surface area contributed by atoms with E-state index in [4.69, 9.17) is 5.11 Å². The van der Waals surface area contributed by atoms with Gasteiger partial charge in [-0.05, 0) is 30.5 Å². The summed E-state index contributed by atoms with van der Waals surface area (Å²) in [6, 6.07) is 3.29. The molecule has 0 fully saturated rings. The summed E-state index contributed by atoms with van der Waals surface area (Å²) in [7, 11) is 0. The number of carbonyl (C=O) groups excluding carboxylic acids is 1.